The van der Waals surface area contributed by atoms with Gasteiger partial charge in [0.2, 0.25) is 0 Å². The van der Waals surface area contributed by atoms with Gasteiger partial charge in [0.25, 0.3) is 0 Å². The van der Waals surface area contributed by atoms with E-state index in [1.807, 2.05) is 6.92 Å². The lowest BCUT2D eigenvalue weighted by Crippen LogP contribution is -2.65. The van der Waals surface area contributed by atoms with E-state index in [9.17, 15) is 0 Å². The minimum absolute atomic E-state index is 0.413. The van der Waals surface area contributed by atoms with E-state index in [1.165, 1.54) is 0 Å². The number of ether oxygens (including phenoxy) is 1. The second kappa shape index (κ2) is 7.28. The molecule has 0 amide bonds. The van der Waals surface area contributed by atoms with Crippen LogP contribution >= 0.6 is 0 Å². The van der Waals surface area contributed by atoms with Crippen molar-refractivity contribution < 1.29 is 21.2 Å². The summed E-state index contributed by atoms with van der Waals surface area (Å²) >= 11 is 0. The third-order valence-corrected chi connectivity index (χ3v) is 19.9. The van der Waals surface area contributed by atoms with Gasteiger partial charge in [0.15, 0.2) is 0 Å². The molecule has 1 saturated heterocycles. The Hall–Kier alpha value is 0.668. The van der Waals surface area contributed by atoms with Crippen LogP contribution in [0, 0.1) is 5.92 Å². The monoisotopic (exact) mass is 382 g/mol. The Morgan fingerprint density at radius 1 is 0.773 bits per heavy atom. The zero-order valence-electron chi connectivity index (χ0n) is 15.7. The Morgan fingerprint density at radius 3 is 1.59 bits per heavy atom. The van der Waals surface area contributed by atoms with E-state index in [-0.39, 0.29) is 0 Å². The molecule has 0 bridgehead atoms. The first-order valence-corrected chi connectivity index (χ1v) is 19.1. The average Bonchev–Trinajstić information content (AvgIpc) is 2.17. The minimum atomic E-state index is -2.35. The third-order valence-electron chi connectivity index (χ3n) is 3.23. The Labute approximate surface area is 140 Å². The topological polar surface area (TPSA) is 46.2 Å². The second-order valence-electron chi connectivity index (χ2n) is 7.71. The number of rotatable bonds is 5. The van der Waals surface area contributed by atoms with Crippen LogP contribution in [0.15, 0.2) is 0 Å². The van der Waals surface area contributed by atoms with Gasteiger partial charge in [-0.25, -0.2) is 0 Å². The Bertz CT molecular complexity index is 353. The highest BCUT2D eigenvalue weighted by Crippen LogP contribution is 2.33. The molecule has 0 aromatic rings. The zero-order valence-corrected chi connectivity index (χ0v) is 19.7. The SMILES string of the molecule is CCOCC(C)C[Si]1(C)O[Si](C)(C)O[Si](C)(C)O[Si](C)(C)O1. The number of hydrogen-bond acceptors (Lipinski definition) is 5. The van der Waals surface area contributed by atoms with Crippen molar-refractivity contribution >= 4 is 34.2 Å². The summed E-state index contributed by atoms with van der Waals surface area (Å²) < 4.78 is 31.4. The summed E-state index contributed by atoms with van der Waals surface area (Å²) in [6.45, 7) is 20.5. The molecule has 0 aliphatic carbocycles. The van der Waals surface area contributed by atoms with Crippen molar-refractivity contribution in [3.8, 4) is 0 Å². The van der Waals surface area contributed by atoms with Crippen LogP contribution in [0.4, 0.5) is 0 Å². The maximum atomic E-state index is 6.56. The summed E-state index contributed by atoms with van der Waals surface area (Å²) in [5, 5.41) is 0. The molecule has 1 aliphatic heterocycles. The molecule has 1 atom stereocenters. The van der Waals surface area contributed by atoms with E-state index in [0.717, 1.165) is 19.3 Å². The fourth-order valence-electron chi connectivity index (χ4n) is 3.40. The van der Waals surface area contributed by atoms with Crippen LogP contribution in [0.25, 0.3) is 0 Å². The predicted molar refractivity (Wildman–Crippen MR) is 98.9 cm³/mol. The lowest BCUT2D eigenvalue weighted by molar-refractivity contribution is 0.117. The molecule has 0 aromatic heterocycles. The largest absolute Gasteiger partial charge is 0.416 e. The summed E-state index contributed by atoms with van der Waals surface area (Å²) in [7, 11) is -9.05. The van der Waals surface area contributed by atoms with E-state index >= 15 is 0 Å². The zero-order chi connectivity index (χ0) is 17.2. The molecule has 1 rings (SSSR count). The molecule has 1 aliphatic rings. The lowest BCUT2D eigenvalue weighted by Gasteiger charge is -2.48. The molecule has 0 saturated carbocycles. The first kappa shape index (κ1) is 20.7. The van der Waals surface area contributed by atoms with Crippen molar-refractivity contribution in [3.05, 3.63) is 0 Å². The van der Waals surface area contributed by atoms with E-state index in [2.05, 4.69) is 52.8 Å². The van der Waals surface area contributed by atoms with E-state index in [0.29, 0.717) is 5.92 Å². The summed E-state index contributed by atoms with van der Waals surface area (Å²) in [4.78, 5) is 0. The fraction of sp³-hybridized carbons (Fsp3) is 1.00. The molecule has 0 spiro atoms. The van der Waals surface area contributed by atoms with Crippen LogP contribution < -0.4 is 0 Å². The Morgan fingerprint density at radius 2 is 1.18 bits per heavy atom. The molecular weight excluding hydrogens is 348 g/mol. The van der Waals surface area contributed by atoms with Gasteiger partial charge in [0.05, 0.1) is 0 Å². The molecule has 0 radical (unpaired) electrons. The van der Waals surface area contributed by atoms with Crippen LogP contribution in [0.5, 0.6) is 0 Å². The number of hydrogen-bond donors (Lipinski definition) is 0. The van der Waals surface area contributed by atoms with Gasteiger partial charge in [0, 0.05) is 13.2 Å². The van der Waals surface area contributed by atoms with Crippen molar-refractivity contribution in [3.63, 3.8) is 0 Å². The van der Waals surface area contributed by atoms with Crippen molar-refractivity contribution in [2.75, 3.05) is 13.2 Å². The smallest absolute Gasteiger partial charge is 0.317 e. The average molecular weight is 383 g/mol. The molecule has 132 valence electrons. The quantitative estimate of drug-likeness (QED) is 0.674. The van der Waals surface area contributed by atoms with Gasteiger partial charge in [-0.3, -0.25) is 0 Å². The molecular formula is C13H34O5Si4. The van der Waals surface area contributed by atoms with Crippen LogP contribution in [0.3, 0.4) is 0 Å². The van der Waals surface area contributed by atoms with Crippen LogP contribution in [-0.4, -0.2) is 47.5 Å². The third kappa shape index (κ3) is 7.05. The predicted octanol–water partition coefficient (Wildman–Crippen LogP) is 3.92. The molecule has 5 nitrogen and oxygen atoms in total. The van der Waals surface area contributed by atoms with Gasteiger partial charge in [-0.15, -0.1) is 0 Å². The first-order valence-electron chi connectivity index (χ1n) is 8.16. The normalized spacial score (nSPS) is 27.7. The van der Waals surface area contributed by atoms with Gasteiger partial charge in [-0.1, -0.05) is 6.92 Å². The molecule has 0 aromatic carbocycles. The maximum absolute atomic E-state index is 6.56. The fourth-order valence-corrected chi connectivity index (χ4v) is 25.4. The van der Waals surface area contributed by atoms with Gasteiger partial charge in [-0.05, 0) is 64.7 Å². The highest BCUT2D eigenvalue weighted by molar-refractivity contribution is 6.93. The Kier molecular flexibility index (Phi) is 6.85. The van der Waals surface area contributed by atoms with Crippen molar-refractivity contribution in [1.82, 2.24) is 0 Å². The highest BCUT2D eigenvalue weighted by atomic mass is 28.5. The van der Waals surface area contributed by atoms with Gasteiger partial charge >= 0.3 is 34.2 Å². The first-order chi connectivity index (χ1) is 9.78. The van der Waals surface area contributed by atoms with E-state index in [4.69, 9.17) is 21.2 Å². The van der Waals surface area contributed by atoms with E-state index in [1.54, 1.807) is 0 Å². The lowest BCUT2D eigenvalue weighted by atomic mass is 10.2. The van der Waals surface area contributed by atoms with Crippen LogP contribution in [-0.2, 0) is 21.2 Å². The van der Waals surface area contributed by atoms with Crippen LogP contribution in [0.1, 0.15) is 13.8 Å². The van der Waals surface area contributed by atoms with E-state index < -0.39 is 34.2 Å². The molecule has 22 heavy (non-hydrogen) atoms. The summed E-state index contributed by atoms with van der Waals surface area (Å²) in [5.74, 6) is 0.413. The van der Waals surface area contributed by atoms with Gasteiger partial charge < -0.3 is 21.2 Å². The standard InChI is InChI=1S/C13H34O5Si4/c1-10-14-11-13(2)12-22(9)17-20(5,6)15-19(3,4)16-21(7,8)18-22/h13H,10-12H2,1-9H3. The van der Waals surface area contributed by atoms with Crippen molar-refractivity contribution in [1.29, 1.82) is 0 Å². The molecule has 1 heterocycles. The molecule has 0 N–H and O–H groups in total. The van der Waals surface area contributed by atoms with Crippen LogP contribution in [0.2, 0.25) is 51.9 Å². The van der Waals surface area contributed by atoms with Crippen molar-refractivity contribution in [2.24, 2.45) is 5.92 Å². The molecule has 1 unspecified atom stereocenters. The Balaban J connectivity index is 2.92. The van der Waals surface area contributed by atoms with Gasteiger partial charge in [0.1, 0.15) is 0 Å². The van der Waals surface area contributed by atoms with Crippen molar-refractivity contribution in [2.45, 2.75) is 65.7 Å². The minimum Gasteiger partial charge on any atom is -0.416 e. The maximum Gasteiger partial charge on any atom is 0.317 e. The second-order valence-corrected chi connectivity index (χ2v) is 22.1. The highest BCUT2D eigenvalue weighted by Gasteiger charge is 2.52. The summed E-state index contributed by atoms with van der Waals surface area (Å²) in [6, 6.07) is 0.911. The summed E-state index contributed by atoms with van der Waals surface area (Å²) in [5.41, 5.74) is 0. The summed E-state index contributed by atoms with van der Waals surface area (Å²) in [6.07, 6.45) is 0. The van der Waals surface area contributed by atoms with Gasteiger partial charge in [-0.2, -0.15) is 0 Å². The molecule has 9 heteroatoms. The molecule has 1 fully saturated rings.